The minimum Gasteiger partial charge on any atom is -0.487 e. The molecular weight excluding hydrogens is 296 g/mol. The minimum absolute atomic E-state index is 0.0506. The van der Waals surface area contributed by atoms with Crippen LogP contribution >= 0.6 is 0 Å². The summed E-state index contributed by atoms with van der Waals surface area (Å²) in [5.74, 6) is 1.47. The molecule has 0 fully saturated rings. The van der Waals surface area contributed by atoms with E-state index in [9.17, 15) is 0 Å². The maximum absolute atomic E-state index is 6.20. The van der Waals surface area contributed by atoms with Gasteiger partial charge >= 0.3 is 0 Å². The Balaban J connectivity index is 2.10. The standard InChI is InChI=1S/C18H28O5/c1-18(2,3)17-14-21-11-10-19-8-9-20-12-13-22-15-6-4-5-7-16(15)23-17/h4-7,17H,8-14H2,1-3H3. The highest BCUT2D eigenvalue weighted by Gasteiger charge is 2.27. The van der Waals surface area contributed by atoms with Crippen molar-refractivity contribution in [2.24, 2.45) is 5.41 Å². The second kappa shape index (κ2) is 9.11. The molecule has 0 aliphatic carbocycles. The van der Waals surface area contributed by atoms with E-state index in [4.69, 9.17) is 23.7 Å². The lowest BCUT2D eigenvalue weighted by Crippen LogP contribution is -2.37. The van der Waals surface area contributed by atoms with Gasteiger partial charge in [-0.3, -0.25) is 0 Å². The summed E-state index contributed by atoms with van der Waals surface area (Å²) in [6, 6.07) is 7.72. The number of rotatable bonds is 0. The van der Waals surface area contributed by atoms with Gasteiger partial charge in [-0.1, -0.05) is 32.9 Å². The molecule has 0 radical (unpaired) electrons. The third kappa shape index (κ3) is 6.37. The summed E-state index contributed by atoms with van der Waals surface area (Å²) in [6.45, 7) is 10.2. The van der Waals surface area contributed by atoms with Crippen molar-refractivity contribution in [2.45, 2.75) is 26.9 Å². The van der Waals surface area contributed by atoms with E-state index in [1.807, 2.05) is 24.3 Å². The number of benzene rings is 1. The molecule has 2 rings (SSSR count). The zero-order valence-electron chi connectivity index (χ0n) is 14.4. The molecule has 0 saturated heterocycles. The number of para-hydroxylation sites is 2. The molecule has 0 bridgehead atoms. The smallest absolute Gasteiger partial charge is 0.161 e. The van der Waals surface area contributed by atoms with Crippen LogP contribution in [0.4, 0.5) is 0 Å². The Hall–Kier alpha value is -1.30. The minimum atomic E-state index is -0.0753. The molecule has 1 aliphatic heterocycles. The van der Waals surface area contributed by atoms with E-state index >= 15 is 0 Å². The van der Waals surface area contributed by atoms with E-state index < -0.39 is 0 Å². The first-order valence-corrected chi connectivity index (χ1v) is 8.19. The molecule has 1 aromatic carbocycles. The normalized spacial score (nSPS) is 22.0. The monoisotopic (exact) mass is 324 g/mol. The molecule has 0 spiro atoms. The molecule has 1 unspecified atom stereocenters. The zero-order valence-corrected chi connectivity index (χ0v) is 14.4. The molecule has 23 heavy (non-hydrogen) atoms. The van der Waals surface area contributed by atoms with Crippen LogP contribution in [0.2, 0.25) is 0 Å². The highest BCUT2D eigenvalue weighted by molar-refractivity contribution is 5.39. The molecule has 0 amide bonds. The van der Waals surface area contributed by atoms with Crippen LogP contribution in [0.25, 0.3) is 0 Å². The molecule has 1 aromatic rings. The highest BCUT2D eigenvalue weighted by atomic mass is 16.6. The van der Waals surface area contributed by atoms with Crippen molar-refractivity contribution < 1.29 is 23.7 Å². The summed E-state index contributed by atoms with van der Waals surface area (Å²) < 4.78 is 28.7. The Bertz CT molecular complexity index is 455. The van der Waals surface area contributed by atoms with Crippen LogP contribution in [0.1, 0.15) is 20.8 Å². The van der Waals surface area contributed by atoms with E-state index in [0.29, 0.717) is 46.2 Å². The Kier molecular flexibility index (Phi) is 7.15. The first kappa shape index (κ1) is 18.0. The molecule has 0 aromatic heterocycles. The number of ether oxygens (including phenoxy) is 5. The second-order valence-electron chi connectivity index (χ2n) is 6.57. The largest absolute Gasteiger partial charge is 0.487 e. The van der Waals surface area contributed by atoms with Crippen LogP contribution in [0.15, 0.2) is 24.3 Å². The van der Waals surface area contributed by atoms with Gasteiger partial charge in [0.25, 0.3) is 0 Å². The maximum Gasteiger partial charge on any atom is 0.161 e. The van der Waals surface area contributed by atoms with E-state index in [-0.39, 0.29) is 11.5 Å². The van der Waals surface area contributed by atoms with E-state index in [0.717, 1.165) is 11.5 Å². The molecule has 1 heterocycles. The molecule has 1 atom stereocenters. The Morgan fingerprint density at radius 2 is 1.35 bits per heavy atom. The van der Waals surface area contributed by atoms with Gasteiger partial charge in [0.1, 0.15) is 12.7 Å². The molecular formula is C18H28O5. The summed E-state index contributed by atoms with van der Waals surface area (Å²) in [5, 5.41) is 0. The Morgan fingerprint density at radius 3 is 2.00 bits per heavy atom. The molecule has 0 N–H and O–H groups in total. The quantitative estimate of drug-likeness (QED) is 0.734. The summed E-state index contributed by atoms with van der Waals surface area (Å²) in [7, 11) is 0. The highest BCUT2D eigenvalue weighted by Crippen LogP contribution is 2.31. The van der Waals surface area contributed by atoms with Crippen LogP contribution < -0.4 is 9.47 Å². The SMILES string of the molecule is CC(C)(C)C1COCCOCCOCCOc2ccccc2O1. The lowest BCUT2D eigenvalue weighted by molar-refractivity contribution is -0.0289. The van der Waals surface area contributed by atoms with Crippen LogP contribution in [0, 0.1) is 5.41 Å². The van der Waals surface area contributed by atoms with Crippen LogP contribution in [-0.4, -0.2) is 52.4 Å². The maximum atomic E-state index is 6.20. The van der Waals surface area contributed by atoms with Gasteiger partial charge in [0.15, 0.2) is 11.5 Å². The summed E-state index contributed by atoms with van der Waals surface area (Å²) in [5.41, 5.74) is -0.0506. The first-order valence-electron chi connectivity index (χ1n) is 8.19. The summed E-state index contributed by atoms with van der Waals surface area (Å²) >= 11 is 0. The number of hydrogen-bond acceptors (Lipinski definition) is 5. The fourth-order valence-electron chi connectivity index (χ4n) is 2.12. The average Bonchev–Trinajstić information content (AvgIpc) is 2.51. The average molecular weight is 324 g/mol. The number of hydrogen-bond donors (Lipinski definition) is 0. The Labute approximate surface area is 138 Å². The van der Waals surface area contributed by atoms with E-state index in [1.54, 1.807) is 0 Å². The van der Waals surface area contributed by atoms with Crippen molar-refractivity contribution >= 4 is 0 Å². The zero-order chi connectivity index (χ0) is 16.5. The third-order valence-corrected chi connectivity index (χ3v) is 3.58. The van der Waals surface area contributed by atoms with E-state index in [1.165, 1.54) is 0 Å². The summed E-state index contributed by atoms with van der Waals surface area (Å²) in [6.07, 6.45) is -0.0753. The topological polar surface area (TPSA) is 46.2 Å². The molecule has 1 aliphatic rings. The van der Waals surface area contributed by atoms with Crippen molar-refractivity contribution in [1.29, 1.82) is 0 Å². The van der Waals surface area contributed by atoms with Gasteiger partial charge in [0, 0.05) is 5.41 Å². The second-order valence-corrected chi connectivity index (χ2v) is 6.57. The predicted molar refractivity (Wildman–Crippen MR) is 88.3 cm³/mol. The Morgan fingerprint density at radius 1 is 0.783 bits per heavy atom. The number of fused-ring (bicyclic) bond motifs is 1. The molecule has 130 valence electrons. The van der Waals surface area contributed by atoms with Crippen molar-refractivity contribution in [3.05, 3.63) is 24.3 Å². The van der Waals surface area contributed by atoms with Gasteiger partial charge in [-0.2, -0.15) is 0 Å². The van der Waals surface area contributed by atoms with Gasteiger partial charge in [-0.05, 0) is 12.1 Å². The fraction of sp³-hybridized carbons (Fsp3) is 0.667. The lowest BCUT2D eigenvalue weighted by Gasteiger charge is -2.31. The van der Waals surface area contributed by atoms with Crippen molar-refractivity contribution in [3.63, 3.8) is 0 Å². The van der Waals surface area contributed by atoms with Gasteiger partial charge in [-0.25, -0.2) is 0 Å². The third-order valence-electron chi connectivity index (χ3n) is 3.58. The fourth-order valence-corrected chi connectivity index (χ4v) is 2.12. The van der Waals surface area contributed by atoms with Crippen LogP contribution in [0.3, 0.4) is 0 Å². The molecule has 5 nitrogen and oxygen atoms in total. The van der Waals surface area contributed by atoms with Gasteiger partial charge in [0.05, 0.1) is 39.6 Å². The van der Waals surface area contributed by atoms with Crippen molar-refractivity contribution in [3.8, 4) is 11.5 Å². The van der Waals surface area contributed by atoms with E-state index in [2.05, 4.69) is 20.8 Å². The van der Waals surface area contributed by atoms with Crippen LogP contribution in [-0.2, 0) is 14.2 Å². The summed E-state index contributed by atoms with van der Waals surface area (Å²) in [4.78, 5) is 0. The van der Waals surface area contributed by atoms with Crippen LogP contribution in [0.5, 0.6) is 11.5 Å². The molecule has 0 saturated carbocycles. The molecule has 5 heteroatoms. The lowest BCUT2D eigenvalue weighted by atomic mass is 9.89. The van der Waals surface area contributed by atoms with Crippen molar-refractivity contribution in [2.75, 3.05) is 46.2 Å². The first-order chi connectivity index (χ1) is 11.1. The van der Waals surface area contributed by atoms with Gasteiger partial charge < -0.3 is 23.7 Å². The van der Waals surface area contributed by atoms with Crippen molar-refractivity contribution in [1.82, 2.24) is 0 Å². The van der Waals surface area contributed by atoms with Gasteiger partial charge in [0.2, 0.25) is 0 Å². The van der Waals surface area contributed by atoms with Gasteiger partial charge in [-0.15, -0.1) is 0 Å². The predicted octanol–water partition coefficient (Wildman–Crippen LogP) is 2.92.